The van der Waals surface area contributed by atoms with Crippen LogP contribution in [0.4, 0.5) is 0 Å². The van der Waals surface area contributed by atoms with E-state index in [-0.39, 0.29) is 12.4 Å². The fraction of sp³-hybridized carbons (Fsp3) is 0.318. The van der Waals surface area contributed by atoms with E-state index in [1.165, 1.54) is 6.92 Å². The maximum absolute atomic E-state index is 12.0. The minimum Gasteiger partial charge on any atom is -0.482 e. The van der Waals surface area contributed by atoms with Gasteiger partial charge in [0.2, 0.25) is 0 Å². The average Bonchev–Trinajstić information content (AvgIpc) is 2.67. The number of aryl methyl sites for hydroxylation is 1. The zero-order valence-corrected chi connectivity index (χ0v) is 16.4. The van der Waals surface area contributed by atoms with Gasteiger partial charge < -0.3 is 14.8 Å². The van der Waals surface area contributed by atoms with E-state index in [0.717, 1.165) is 16.7 Å². The molecule has 0 heterocycles. The van der Waals surface area contributed by atoms with E-state index < -0.39 is 24.5 Å². The van der Waals surface area contributed by atoms with E-state index in [1.54, 1.807) is 6.07 Å². The lowest BCUT2D eigenvalue weighted by Gasteiger charge is -2.16. The molecule has 0 spiro atoms. The summed E-state index contributed by atoms with van der Waals surface area (Å²) in [6.07, 6.45) is 0.381. The summed E-state index contributed by atoms with van der Waals surface area (Å²) < 4.78 is 10.4. The summed E-state index contributed by atoms with van der Waals surface area (Å²) in [7, 11) is 0. The van der Waals surface area contributed by atoms with Crippen LogP contribution in [0.25, 0.3) is 0 Å². The Balaban J connectivity index is 1.79. The molecule has 2 aromatic rings. The molecule has 0 bridgehead atoms. The van der Waals surface area contributed by atoms with E-state index in [2.05, 4.69) is 5.32 Å². The lowest BCUT2D eigenvalue weighted by atomic mass is 10.0. The Hall–Kier alpha value is -3.15. The van der Waals surface area contributed by atoms with Crippen LogP contribution >= 0.6 is 0 Å². The number of hydrogen-bond acceptors (Lipinski definition) is 5. The molecule has 6 nitrogen and oxygen atoms in total. The van der Waals surface area contributed by atoms with Crippen LogP contribution in [0.3, 0.4) is 0 Å². The highest BCUT2D eigenvalue weighted by atomic mass is 16.6. The topological polar surface area (TPSA) is 81.7 Å². The minimum absolute atomic E-state index is 0.165. The first-order valence-electron chi connectivity index (χ1n) is 9.05. The number of carbonyl (C=O) groups is 3. The molecule has 28 heavy (non-hydrogen) atoms. The first-order valence-corrected chi connectivity index (χ1v) is 9.05. The van der Waals surface area contributed by atoms with Crippen molar-refractivity contribution in [2.75, 3.05) is 13.2 Å². The predicted molar refractivity (Wildman–Crippen MR) is 105 cm³/mol. The zero-order chi connectivity index (χ0) is 20.5. The van der Waals surface area contributed by atoms with Gasteiger partial charge in [-0.05, 0) is 49.9 Å². The third-order valence-electron chi connectivity index (χ3n) is 4.37. The summed E-state index contributed by atoms with van der Waals surface area (Å²) in [5.41, 5.74) is 2.93. The van der Waals surface area contributed by atoms with Gasteiger partial charge in [0, 0.05) is 0 Å². The van der Waals surface area contributed by atoms with Crippen molar-refractivity contribution in [2.45, 2.75) is 33.2 Å². The largest absolute Gasteiger partial charge is 0.482 e. The summed E-state index contributed by atoms with van der Waals surface area (Å²) in [6.45, 7) is 4.51. The molecule has 2 aromatic carbocycles. The van der Waals surface area contributed by atoms with Gasteiger partial charge in [-0.2, -0.15) is 0 Å². The number of amides is 1. The summed E-state index contributed by atoms with van der Waals surface area (Å²) in [5, 5.41) is 2.60. The van der Waals surface area contributed by atoms with E-state index in [1.807, 2.05) is 56.3 Å². The van der Waals surface area contributed by atoms with Crippen LogP contribution in [-0.4, -0.2) is 36.9 Å². The fourth-order valence-corrected chi connectivity index (χ4v) is 2.59. The molecule has 148 valence electrons. The summed E-state index contributed by atoms with van der Waals surface area (Å²) in [6, 6.07) is 14.3. The van der Waals surface area contributed by atoms with Crippen molar-refractivity contribution in [3.63, 3.8) is 0 Å². The molecular formula is C22H25NO5. The number of hydrogen-bond donors (Lipinski definition) is 1. The van der Waals surface area contributed by atoms with E-state index in [0.29, 0.717) is 12.2 Å². The van der Waals surface area contributed by atoms with Crippen molar-refractivity contribution in [3.8, 4) is 5.75 Å². The normalized spacial score (nSPS) is 11.4. The highest BCUT2D eigenvalue weighted by molar-refractivity contribution is 5.88. The van der Waals surface area contributed by atoms with E-state index in [4.69, 9.17) is 9.47 Å². The minimum atomic E-state index is -0.667. The first-order chi connectivity index (χ1) is 13.4. The van der Waals surface area contributed by atoms with Crippen molar-refractivity contribution in [1.29, 1.82) is 0 Å². The highest BCUT2D eigenvalue weighted by Gasteiger charge is 2.18. The van der Waals surface area contributed by atoms with Crippen LogP contribution < -0.4 is 10.1 Å². The molecule has 6 heteroatoms. The molecule has 2 rings (SSSR count). The number of benzene rings is 2. The molecule has 1 N–H and O–H groups in total. The van der Waals surface area contributed by atoms with Gasteiger partial charge in [-0.3, -0.25) is 9.59 Å². The Kier molecular flexibility index (Phi) is 7.75. The third kappa shape index (κ3) is 6.54. The van der Waals surface area contributed by atoms with Gasteiger partial charge >= 0.3 is 5.97 Å². The molecule has 0 saturated heterocycles. The lowest BCUT2D eigenvalue weighted by Crippen LogP contribution is -2.43. The monoisotopic (exact) mass is 383 g/mol. The maximum atomic E-state index is 12.0. The molecule has 0 aliphatic carbocycles. The molecule has 0 saturated carbocycles. The lowest BCUT2D eigenvalue weighted by molar-refractivity contribution is -0.150. The SMILES string of the molecule is CC(=O)[C@H](Cc1ccccc1)NC(=O)COC(=O)COc1cccc(C)c1C. The molecule has 0 aliphatic heterocycles. The molecule has 1 amide bonds. The number of rotatable bonds is 9. The van der Waals surface area contributed by atoms with Crippen LogP contribution in [-0.2, 0) is 25.5 Å². The van der Waals surface area contributed by atoms with E-state index >= 15 is 0 Å². The van der Waals surface area contributed by atoms with E-state index in [9.17, 15) is 14.4 Å². The number of Topliss-reactive ketones (excluding diaryl/α,β-unsaturated/α-hetero) is 1. The van der Waals surface area contributed by atoms with Crippen LogP contribution in [0.5, 0.6) is 5.75 Å². The zero-order valence-electron chi connectivity index (χ0n) is 16.4. The predicted octanol–water partition coefficient (Wildman–Crippen LogP) is 2.54. The van der Waals surface area contributed by atoms with Crippen LogP contribution in [0.1, 0.15) is 23.6 Å². The van der Waals surface area contributed by atoms with Crippen molar-refractivity contribution in [3.05, 3.63) is 65.2 Å². The molecule has 0 unspecified atom stereocenters. The second kappa shape index (κ2) is 10.3. The number of nitrogens with one attached hydrogen (secondary N) is 1. The number of esters is 1. The van der Waals surface area contributed by atoms with Crippen LogP contribution in [0.15, 0.2) is 48.5 Å². The molecule has 1 atom stereocenters. The van der Waals surface area contributed by atoms with Crippen molar-refractivity contribution < 1.29 is 23.9 Å². The van der Waals surface area contributed by atoms with Gasteiger partial charge in [-0.1, -0.05) is 42.5 Å². The fourth-order valence-electron chi connectivity index (χ4n) is 2.59. The van der Waals surface area contributed by atoms with Crippen LogP contribution in [0.2, 0.25) is 0 Å². The Morgan fingerprint density at radius 3 is 2.36 bits per heavy atom. The first kappa shape index (κ1) is 21.2. The Labute approximate surface area is 164 Å². The van der Waals surface area contributed by atoms with Crippen molar-refractivity contribution in [2.24, 2.45) is 0 Å². The second-order valence-electron chi connectivity index (χ2n) is 6.57. The Morgan fingerprint density at radius 2 is 1.68 bits per heavy atom. The standard InChI is InChI=1S/C22H25NO5/c1-15-8-7-11-20(16(15)2)27-14-22(26)28-13-21(25)23-19(17(3)24)12-18-9-5-4-6-10-18/h4-11,19H,12-14H2,1-3H3,(H,23,25)/t19-/m0/s1. The molecule has 0 aromatic heterocycles. The average molecular weight is 383 g/mol. The van der Waals surface area contributed by atoms with Gasteiger partial charge in [0.25, 0.3) is 5.91 Å². The van der Waals surface area contributed by atoms with Crippen molar-refractivity contribution in [1.82, 2.24) is 5.32 Å². The molecule has 0 radical (unpaired) electrons. The second-order valence-corrected chi connectivity index (χ2v) is 6.57. The van der Waals surface area contributed by atoms with Crippen LogP contribution in [0, 0.1) is 13.8 Å². The molecular weight excluding hydrogens is 358 g/mol. The summed E-state index contributed by atoms with van der Waals surface area (Å²) in [5.74, 6) is -0.752. The molecule has 0 aliphatic rings. The quantitative estimate of drug-likeness (QED) is 0.673. The third-order valence-corrected chi connectivity index (χ3v) is 4.37. The number of ether oxygens (including phenoxy) is 2. The Morgan fingerprint density at radius 1 is 0.964 bits per heavy atom. The highest BCUT2D eigenvalue weighted by Crippen LogP contribution is 2.20. The van der Waals surface area contributed by atoms with Gasteiger partial charge in [-0.15, -0.1) is 0 Å². The number of carbonyl (C=O) groups excluding carboxylic acids is 3. The van der Waals surface area contributed by atoms with Gasteiger partial charge in [0.15, 0.2) is 19.0 Å². The Bertz CT molecular complexity index is 832. The smallest absolute Gasteiger partial charge is 0.344 e. The maximum Gasteiger partial charge on any atom is 0.344 e. The number of ketones is 1. The van der Waals surface area contributed by atoms with Gasteiger partial charge in [0.1, 0.15) is 5.75 Å². The van der Waals surface area contributed by atoms with Crippen molar-refractivity contribution >= 4 is 17.7 Å². The summed E-state index contributed by atoms with van der Waals surface area (Å²) >= 11 is 0. The molecule has 0 fully saturated rings. The van der Waals surface area contributed by atoms with Gasteiger partial charge in [0.05, 0.1) is 6.04 Å². The summed E-state index contributed by atoms with van der Waals surface area (Å²) in [4.78, 5) is 35.7. The van der Waals surface area contributed by atoms with Gasteiger partial charge in [-0.25, -0.2) is 4.79 Å².